The number of H-pyrrole nitrogens is 1. The number of benzene rings is 2. The van der Waals surface area contributed by atoms with Gasteiger partial charge in [0.05, 0.1) is 42.0 Å². The Balaban J connectivity index is 1.65. The van der Waals surface area contributed by atoms with Gasteiger partial charge in [0.25, 0.3) is 5.91 Å². The number of halogens is 1. The van der Waals surface area contributed by atoms with Crippen molar-refractivity contribution in [3.05, 3.63) is 77.4 Å². The molecule has 0 bridgehead atoms. The number of hydrogen-bond acceptors (Lipinski definition) is 5. The second-order valence-electron chi connectivity index (χ2n) is 6.17. The van der Waals surface area contributed by atoms with Gasteiger partial charge in [0.2, 0.25) is 5.89 Å². The fraction of sp³-hybridized carbons (Fsp3) is 0.0952. The molecule has 0 aliphatic carbocycles. The van der Waals surface area contributed by atoms with Gasteiger partial charge in [-0.15, -0.1) is 0 Å². The van der Waals surface area contributed by atoms with Crippen LogP contribution in [0.25, 0.3) is 23.1 Å². The zero-order valence-corrected chi connectivity index (χ0v) is 15.5. The van der Waals surface area contributed by atoms with Crippen molar-refractivity contribution in [3.63, 3.8) is 0 Å². The number of oxazole rings is 1. The number of nitrogens with one attached hydrogen (secondary N) is 2. The monoisotopic (exact) mass is 392 g/mol. The second-order valence-corrected chi connectivity index (χ2v) is 6.17. The van der Waals surface area contributed by atoms with Crippen LogP contribution in [0.5, 0.6) is 5.75 Å². The molecule has 0 saturated heterocycles. The van der Waals surface area contributed by atoms with E-state index in [4.69, 9.17) is 9.15 Å². The van der Waals surface area contributed by atoms with Gasteiger partial charge in [-0.3, -0.25) is 9.89 Å². The summed E-state index contributed by atoms with van der Waals surface area (Å²) in [6.07, 6.45) is 6.55. The van der Waals surface area contributed by atoms with Gasteiger partial charge in [-0.25, -0.2) is 9.37 Å². The number of hydrogen-bond donors (Lipinski definition) is 2. The topological polar surface area (TPSA) is 93.0 Å². The van der Waals surface area contributed by atoms with E-state index in [-0.39, 0.29) is 18.3 Å². The summed E-state index contributed by atoms with van der Waals surface area (Å²) >= 11 is 0. The van der Waals surface area contributed by atoms with Gasteiger partial charge in [0, 0.05) is 0 Å². The number of carbonyl (C=O) groups is 1. The van der Waals surface area contributed by atoms with Crippen LogP contribution >= 0.6 is 0 Å². The second kappa shape index (κ2) is 7.97. The van der Waals surface area contributed by atoms with E-state index in [0.717, 1.165) is 11.1 Å². The van der Waals surface area contributed by atoms with Crippen molar-refractivity contribution in [3.8, 4) is 5.75 Å². The van der Waals surface area contributed by atoms with Crippen LogP contribution in [-0.4, -0.2) is 28.2 Å². The van der Waals surface area contributed by atoms with Gasteiger partial charge >= 0.3 is 0 Å². The lowest BCUT2D eigenvalue weighted by Gasteiger charge is -2.10. The van der Waals surface area contributed by atoms with Crippen molar-refractivity contribution < 1.29 is 18.3 Å². The molecule has 0 aliphatic heterocycles. The average Bonchev–Trinajstić information content (AvgIpc) is 3.40. The number of aromatic amines is 1. The van der Waals surface area contributed by atoms with E-state index in [1.807, 2.05) is 6.08 Å². The molecule has 2 N–H and O–H groups in total. The highest BCUT2D eigenvalue weighted by Crippen LogP contribution is 2.32. The molecule has 0 saturated carbocycles. The lowest BCUT2D eigenvalue weighted by molar-refractivity contribution is 0.0944. The Morgan fingerprint density at radius 1 is 1.24 bits per heavy atom. The Kier molecular flexibility index (Phi) is 5.07. The van der Waals surface area contributed by atoms with Gasteiger partial charge in [-0.05, 0) is 35.9 Å². The van der Waals surface area contributed by atoms with Gasteiger partial charge in [-0.1, -0.05) is 18.2 Å². The maximum Gasteiger partial charge on any atom is 0.255 e. The Bertz CT molecular complexity index is 1160. The molecule has 1 amide bonds. The molecular weight excluding hydrogens is 375 g/mol. The van der Waals surface area contributed by atoms with Crippen LogP contribution in [0.15, 0.2) is 53.3 Å². The standard InChI is InChI=1S/C21H17FN4O3/c1-28-20-15(21(27)24-12-18-23-10-11-29-18)7-9-17-19(20)16(25-26-17)8-4-13-2-5-14(22)6-3-13/h2-11H,12H2,1H3,(H,24,27)(H,25,26)/b8-4+. The summed E-state index contributed by atoms with van der Waals surface area (Å²) in [5.41, 5.74) is 2.51. The number of carbonyl (C=O) groups excluding carboxylic acids is 1. The first-order valence-corrected chi connectivity index (χ1v) is 8.81. The molecule has 0 fully saturated rings. The predicted octanol–water partition coefficient (Wildman–Crippen LogP) is 3.80. The zero-order valence-electron chi connectivity index (χ0n) is 15.5. The molecule has 2 heterocycles. The average molecular weight is 392 g/mol. The molecule has 0 spiro atoms. The lowest BCUT2D eigenvalue weighted by atomic mass is 10.1. The summed E-state index contributed by atoms with van der Waals surface area (Å²) in [5, 5.41) is 10.7. The van der Waals surface area contributed by atoms with E-state index in [1.165, 1.54) is 31.7 Å². The summed E-state index contributed by atoms with van der Waals surface area (Å²) in [4.78, 5) is 16.6. The maximum atomic E-state index is 13.1. The molecule has 146 valence electrons. The Hall–Kier alpha value is -3.94. The third kappa shape index (κ3) is 3.86. The summed E-state index contributed by atoms with van der Waals surface area (Å²) in [6.45, 7) is 0.162. The smallest absolute Gasteiger partial charge is 0.255 e. The van der Waals surface area contributed by atoms with Gasteiger partial charge < -0.3 is 14.5 Å². The molecule has 0 unspecified atom stereocenters. The van der Waals surface area contributed by atoms with Crippen molar-refractivity contribution in [2.75, 3.05) is 7.11 Å². The van der Waals surface area contributed by atoms with E-state index in [2.05, 4.69) is 20.5 Å². The van der Waals surface area contributed by atoms with Gasteiger partial charge in [-0.2, -0.15) is 5.10 Å². The number of nitrogens with zero attached hydrogens (tertiary/aromatic N) is 2. The normalized spacial score (nSPS) is 11.2. The first-order valence-electron chi connectivity index (χ1n) is 8.81. The first kappa shape index (κ1) is 18.4. The van der Waals surface area contributed by atoms with E-state index in [1.54, 1.807) is 30.3 Å². The Labute approximate surface area is 165 Å². The van der Waals surface area contributed by atoms with E-state index in [9.17, 15) is 9.18 Å². The third-order valence-corrected chi connectivity index (χ3v) is 4.35. The van der Waals surface area contributed by atoms with Crippen LogP contribution < -0.4 is 10.1 Å². The number of aromatic nitrogens is 3. The molecule has 8 heteroatoms. The summed E-state index contributed by atoms with van der Waals surface area (Å²) in [7, 11) is 1.50. The minimum absolute atomic E-state index is 0.162. The van der Waals surface area contributed by atoms with Crippen molar-refractivity contribution in [2.45, 2.75) is 6.54 Å². The molecule has 0 aliphatic rings. The third-order valence-electron chi connectivity index (χ3n) is 4.35. The van der Waals surface area contributed by atoms with Gasteiger partial charge in [0.1, 0.15) is 17.8 Å². The molecule has 4 rings (SSSR count). The van der Waals surface area contributed by atoms with Crippen molar-refractivity contribution >= 4 is 29.0 Å². The lowest BCUT2D eigenvalue weighted by Crippen LogP contribution is -2.23. The number of fused-ring (bicyclic) bond motifs is 1. The highest BCUT2D eigenvalue weighted by molar-refractivity contribution is 6.05. The molecule has 4 aromatic rings. The molecule has 7 nitrogen and oxygen atoms in total. The summed E-state index contributed by atoms with van der Waals surface area (Å²) < 4.78 is 23.7. The Morgan fingerprint density at radius 2 is 2.07 bits per heavy atom. The number of ether oxygens (including phenoxy) is 1. The summed E-state index contributed by atoms with van der Waals surface area (Å²) in [5.74, 6) is 0.190. The molecule has 0 radical (unpaired) electrons. The Morgan fingerprint density at radius 3 is 2.79 bits per heavy atom. The van der Waals surface area contributed by atoms with Crippen LogP contribution in [0, 0.1) is 5.82 Å². The van der Waals surface area contributed by atoms with Gasteiger partial charge in [0.15, 0.2) is 0 Å². The van der Waals surface area contributed by atoms with Crippen molar-refractivity contribution in [1.82, 2.24) is 20.5 Å². The fourth-order valence-corrected chi connectivity index (χ4v) is 2.96. The summed E-state index contributed by atoms with van der Waals surface area (Å²) in [6, 6.07) is 9.54. The van der Waals surface area contributed by atoms with E-state index in [0.29, 0.717) is 28.3 Å². The largest absolute Gasteiger partial charge is 0.495 e. The molecule has 29 heavy (non-hydrogen) atoms. The molecular formula is C21H17FN4O3. The van der Waals surface area contributed by atoms with Crippen LogP contribution in [0.2, 0.25) is 0 Å². The SMILES string of the molecule is COc1c(C(=O)NCc2ncco2)ccc2[nH]nc(/C=C/c3ccc(F)cc3)c12. The van der Waals surface area contributed by atoms with E-state index >= 15 is 0 Å². The quantitative estimate of drug-likeness (QED) is 0.521. The maximum absolute atomic E-state index is 13.1. The van der Waals surface area contributed by atoms with Crippen molar-refractivity contribution in [1.29, 1.82) is 0 Å². The first-order chi connectivity index (χ1) is 14.2. The molecule has 2 aromatic carbocycles. The van der Waals surface area contributed by atoms with Crippen LogP contribution in [0.1, 0.15) is 27.5 Å². The highest BCUT2D eigenvalue weighted by Gasteiger charge is 2.19. The van der Waals surface area contributed by atoms with E-state index < -0.39 is 0 Å². The minimum atomic E-state index is -0.323. The molecule has 0 atom stereocenters. The number of amides is 1. The van der Waals surface area contributed by atoms with Crippen molar-refractivity contribution in [2.24, 2.45) is 0 Å². The molecule has 2 aromatic heterocycles. The van der Waals surface area contributed by atoms with Crippen LogP contribution in [0.3, 0.4) is 0 Å². The zero-order chi connectivity index (χ0) is 20.2. The number of methoxy groups -OCH3 is 1. The predicted molar refractivity (Wildman–Crippen MR) is 106 cm³/mol. The van der Waals surface area contributed by atoms with Crippen LogP contribution in [-0.2, 0) is 6.54 Å². The van der Waals surface area contributed by atoms with Crippen LogP contribution in [0.4, 0.5) is 4.39 Å². The fourth-order valence-electron chi connectivity index (χ4n) is 2.96. The number of rotatable bonds is 6. The minimum Gasteiger partial charge on any atom is -0.495 e. The highest BCUT2D eigenvalue weighted by atomic mass is 19.1.